The Labute approximate surface area is 109 Å². The lowest BCUT2D eigenvalue weighted by Gasteiger charge is -2.30. The summed E-state index contributed by atoms with van der Waals surface area (Å²) in [5.41, 5.74) is 0.400. The molecule has 0 aliphatic carbocycles. The summed E-state index contributed by atoms with van der Waals surface area (Å²) < 4.78 is 5.62. The smallest absolute Gasteiger partial charge is 0.0471 e. The van der Waals surface area contributed by atoms with Crippen LogP contribution in [0.25, 0.3) is 0 Å². The molecule has 1 N–H and O–H groups in total. The third kappa shape index (κ3) is 9.61. The zero-order chi connectivity index (χ0) is 13.1. The number of hydrogen-bond donors (Lipinski definition) is 1. The molecule has 2 nitrogen and oxygen atoms in total. The van der Waals surface area contributed by atoms with E-state index in [2.05, 4.69) is 39.9 Å². The van der Waals surface area contributed by atoms with E-state index >= 15 is 0 Å². The Morgan fingerprint density at radius 1 is 1.06 bits per heavy atom. The topological polar surface area (TPSA) is 21.3 Å². The van der Waals surface area contributed by atoms with Crippen molar-refractivity contribution in [2.45, 2.75) is 60.3 Å². The van der Waals surface area contributed by atoms with Crippen LogP contribution < -0.4 is 5.32 Å². The van der Waals surface area contributed by atoms with Gasteiger partial charge in [0.25, 0.3) is 0 Å². The van der Waals surface area contributed by atoms with Crippen LogP contribution in [0.3, 0.4) is 0 Å². The molecule has 0 amide bonds. The lowest BCUT2D eigenvalue weighted by molar-refractivity contribution is 0.0946. The largest absolute Gasteiger partial charge is 0.381 e. The number of hydrogen-bond acceptors (Lipinski definition) is 2. The van der Waals surface area contributed by atoms with Crippen molar-refractivity contribution >= 4 is 0 Å². The number of rotatable bonds is 11. The van der Waals surface area contributed by atoms with Gasteiger partial charge in [0, 0.05) is 19.8 Å². The van der Waals surface area contributed by atoms with E-state index in [1.807, 2.05) is 0 Å². The van der Waals surface area contributed by atoms with Crippen LogP contribution in [-0.2, 0) is 4.74 Å². The minimum atomic E-state index is 0.400. The SMILES string of the molecule is CCCOCCC(C)(CCC)CNCC(C)C. The molecule has 0 aromatic rings. The molecule has 0 rings (SSSR count). The summed E-state index contributed by atoms with van der Waals surface area (Å²) in [5.74, 6) is 0.734. The second-order valence-electron chi connectivity index (χ2n) is 5.95. The van der Waals surface area contributed by atoms with Gasteiger partial charge in [0.05, 0.1) is 0 Å². The number of ether oxygens (including phenoxy) is 1. The van der Waals surface area contributed by atoms with Crippen molar-refractivity contribution in [2.24, 2.45) is 11.3 Å². The molecule has 0 aliphatic heterocycles. The van der Waals surface area contributed by atoms with Gasteiger partial charge in [0.2, 0.25) is 0 Å². The fourth-order valence-corrected chi connectivity index (χ4v) is 2.13. The summed E-state index contributed by atoms with van der Waals surface area (Å²) in [5, 5.41) is 3.60. The first-order valence-corrected chi connectivity index (χ1v) is 7.32. The molecule has 0 spiro atoms. The Morgan fingerprint density at radius 2 is 1.76 bits per heavy atom. The Balaban J connectivity index is 3.88. The maximum atomic E-state index is 5.62. The average Bonchev–Trinajstić information content (AvgIpc) is 2.24. The van der Waals surface area contributed by atoms with Crippen LogP contribution in [0.1, 0.15) is 60.3 Å². The Bertz CT molecular complexity index is 170. The molecule has 0 saturated heterocycles. The first kappa shape index (κ1) is 16.9. The summed E-state index contributed by atoms with van der Waals surface area (Å²) >= 11 is 0. The van der Waals surface area contributed by atoms with E-state index in [0.717, 1.165) is 38.6 Å². The van der Waals surface area contributed by atoms with Gasteiger partial charge in [0.1, 0.15) is 0 Å². The maximum Gasteiger partial charge on any atom is 0.0471 e. The first-order valence-electron chi connectivity index (χ1n) is 7.32. The standard InChI is InChI=1S/C15H33NO/c1-6-8-15(5,9-11-17-10-7-2)13-16-12-14(3)4/h14,16H,6-13H2,1-5H3. The second kappa shape index (κ2) is 9.90. The highest BCUT2D eigenvalue weighted by atomic mass is 16.5. The number of nitrogens with one attached hydrogen (secondary N) is 1. The van der Waals surface area contributed by atoms with Crippen molar-refractivity contribution in [3.63, 3.8) is 0 Å². The van der Waals surface area contributed by atoms with Crippen LogP contribution in [0.2, 0.25) is 0 Å². The highest BCUT2D eigenvalue weighted by Gasteiger charge is 2.22. The van der Waals surface area contributed by atoms with Gasteiger partial charge in [-0.25, -0.2) is 0 Å². The van der Waals surface area contributed by atoms with Crippen molar-refractivity contribution in [1.29, 1.82) is 0 Å². The van der Waals surface area contributed by atoms with Gasteiger partial charge < -0.3 is 10.1 Å². The van der Waals surface area contributed by atoms with Crippen molar-refractivity contribution < 1.29 is 4.74 Å². The summed E-state index contributed by atoms with van der Waals surface area (Å²) in [7, 11) is 0. The van der Waals surface area contributed by atoms with Crippen molar-refractivity contribution in [1.82, 2.24) is 5.32 Å². The normalized spacial score (nSPS) is 15.2. The van der Waals surface area contributed by atoms with E-state index < -0.39 is 0 Å². The van der Waals surface area contributed by atoms with Crippen LogP contribution in [0.5, 0.6) is 0 Å². The summed E-state index contributed by atoms with van der Waals surface area (Å²) in [6.45, 7) is 15.4. The molecule has 0 aliphatic rings. The third-order valence-corrected chi connectivity index (χ3v) is 3.16. The predicted octanol–water partition coefficient (Wildman–Crippen LogP) is 3.86. The molecule has 104 valence electrons. The monoisotopic (exact) mass is 243 g/mol. The van der Waals surface area contributed by atoms with Gasteiger partial charge in [-0.3, -0.25) is 0 Å². The van der Waals surface area contributed by atoms with Crippen molar-refractivity contribution in [3.8, 4) is 0 Å². The second-order valence-corrected chi connectivity index (χ2v) is 5.95. The minimum Gasteiger partial charge on any atom is -0.381 e. The Hall–Kier alpha value is -0.0800. The van der Waals surface area contributed by atoms with E-state index in [4.69, 9.17) is 4.74 Å². The van der Waals surface area contributed by atoms with E-state index in [0.29, 0.717) is 5.41 Å². The van der Waals surface area contributed by atoms with Crippen LogP contribution >= 0.6 is 0 Å². The molecule has 0 aromatic heterocycles. The molecule has 1 atom stereocenters. The lowest BCUT2D eigenvalue weighted by atomic mass is 9.82. The minimum absolute atomic E-state index is 0.400. The molecular formula is C15H33NO. The van der Waals surface area contributed by atoms with Gasteiger partial charge >= 0.3 is 0 Å². The van der Waals surface area contributed by atoms with Crippen molar-refractivity contribution in [3.05, 3.63) is 0 Å². The molecule has 17 heavy (non-hydrogen) atoms. The van der Waals surface area contributed by atoms with Crippen LogP contribution in [-0.4, -0.2) is 26.3 Å². The third-order valence-electron chi connectivity index (χ3n) is 3.16. The Morgan fingerprint density at radius 3 is 2.29 bits per heavy atom. The van der Waals surface area contributed by atoms with Gasteiger partial charge in [-0.15, -0.1) is 0 Å². The zero-order valence-corrected chi connectivity index (χ0v) is 12.6. The molecule has 1 unspecified atom stereocenters. The Kier molecular flexibility index (Phi) is 9.85. The fourth-order valence-electron chi connectivity index (χ4n) is 2.13. The van der Waals surface area contributed by atoms with E-state index in [1.165, 1.54) is 19.3 Å². The van der Waals surface area contributed by atoms with Gasteiger partial charge in [0.15, 0.2) is 0 Å². The molecule has 0 fully saturated rings. The summed E-state index contributed by atoms with van der Waals surface area (Å²) in [4.78, 5) is 0. The van der Waals surface area contributed by atoms with E-state index in [9.17, 15) is 0 Å². The lowest BCUT2D eigenvalue weighted by Crippen LogP contribution is -2.34. The zero-order valence-electron chi connectivity index (χ0n) is 12.6. The molecule has 0 heterocycles. The summed E-state index contributed by atoms with van der Waals surface area (Å²) in [6.07, 6.45) is 4.84. The van der Waals surface area contributed by atoms with Crippen LogP contribution in [0, 0.1) is 11.3 Å². The maximum absolute atomic E-state index is 5.62. The van der Waals surface area contributed by atoms with Crippen LogP contribution in [0.4, 0.5) is 0 Å². The fraction of sp³-hybridized carbons (Fsp3) is 1.00. The molecular weight excluding hydrogens is 210 g/mol. The first-order chi connectivity index (χ1) is 8.04. The molecule has 0 bridgehead atoms. The summed E-state index contributed by atoms with van der Waals surface area (Å²) in [6, 6.07) is 0. The molecule has 2 heteroatoms. The van der Waals surface area contributed by atoms with Crippen molar-refractivity contribution in [2.75, 3.05) is 26.3 Å². The predicted molar refractivity (Wildman–Crippen MR) is 76.4 cm³/mol. The van der Waals surface area contributed by atoms with Crippen LogP contribution in [0.15, 0.2) is 0 Å². The highest BCUT2D eigenvalue weighted by Crippen LogP contribution is 2.26. The van der Waals surface area contributed by atoms with E-state index in [-0.39, 0.29) is 0 Å². The average molecular weight is 243 g/mol. The molecule has 0 saturated carbocycles. The van der Waals surface area contributed by atoms with Gasteiger partial charge in [-0.2, -0.15) is 0 Å². The van der Waals surface area contributed by atoms with Gasteiger partial charge in [-0.05, 0) is 37.1 Å². The molecule has 0 aromatic carbocycles. The van der Waals surface area contributed by atoms with E-state index in [1.54, 1.807) is 0 Å². The highest BCUT2D eigenvalue weighted by molar-refractivity contribution is 4.76. The quantitative estimate of drug-likeness (QED) is 0.556. The van der Waals surface area contributed by atoms with Gasteiger partial charge in [-0.1, -0.05) is 41.0 Å². The molecule has 0 radical (unpaired) electrons.